The fraction of sp³-hybridized carbons (Fsp3) is 0.296. The summed E-state index contributed by atoms with van der Waals surface area (Å²) in [6.45, 7) is 2.20. The quantitative estimate of drug-likeness (QED) is 0.0933. The summed E-state index contributed by atoms with van der Waals surface area (Å²) in [7, 11) is 0. The van der Waals surface area contributed by atoms with Crippen molar-refractivity contribution in [2.45, 2.75) is 31.9 Å². The monoisotopic (exact) mass is 520 g/mol. The van der Waals surface area contributed by atoms with Crippen LogP contribution in [-0.4, -0.2) is 51.3 Å². The van der Waals surface area contributed by atoms with E-state index in [1.807, 2.05) is 24.3 Å². The molecule has 0 radical (unpaired) electrons. The van der Waals surface area contributed by atoms with Gasteiger partial charge in [0.15, 0.2) is 5.96 Å². The van der Waals surface area contributed by atoms with Gasteiger partial charge in [0.05, 0.1) is 17.5 Å². The fourth-order valence-electron chi connectivity index (χ4n) is 4.13. The van der Waals surface area contributed by atoms with E-state index in [9.17, 15) is 14.3 Å². The summed E-state index contributed by atoms with van der Waals surface area (Å²) in [4.78, 5) is 24.0. The van der Waals surface area contributed by atoms with Crippen LogP contribution < -0.4 is 28.2 Å². The maximum absolute atomic E-state index is 14.7. The number of rotatable bonds is 12. The van der Waals surface area contributed by atoms with Crippen LogP contribution in [0.15, 0.2) is 64.5 Å². The molecule has 0 aliphatic carbocycles. The lowest BCUT2D eigenvalue weighted by Crippen LogP contribution is -2.23. The lowest BCUT2D eigenvalue weighted by molar-refractivity contribution is 0.173. The van der Waals surface area contributed by atoms with Crippen LogP contribution in [0.2, 0.25) is 0 Å². The van der Waals surface area contributed by atoms with E-state index in [1.54, 1.807) is 24.4 Å². The van der Waals surface area contributed by atoms with Crippen molar-refractivity contribution in [2.75, 3.05) is 19.6 Å². The van der Waals surface area contributed by atoms with E-state index in [0.717, 1.165) is 24.1 Å². The maximum Gasteiger partial charge on any atom is 0.354 e. The van der Waals surface area contributed by atoms with Crippen LogP contribution in [0.25, 0.3) is 28.0 Å². The Morgan fingerprint density at radius 1 is 1.16 bits per heavy atom. The normalized spacial score (nSPS) is 12.1. The van der Waals surface area contributed by atoms with E-state index >= 15 is 0 Å². The van der Waals surface area contributed by atoms with Crippen molar-refractivity contribution in [3.8, 4) is 16.9 Å². The number of nitrogens with zero attached hydrogens (tertiary/aromatic N) is 3. The first-order valence-corrected chi connectivity index (χ1v) is 12.5. The number of aryl methyl sites for hydroxylation is 1. The summed E-state index contributed by atoms with van der Waals surface area (Å²) >= 11 is 0. The Kier molecular flexibility index (Phi) is 8.85. The van der Waals surface area contributed by atoms with Gasteiger partial charge >= 0.3 is 5.69 Å². The number of halogens is 1. The molecule has 0 fully saturated rings. The zero-order chi connectivity index (χ0) is 27.1. The molecule has 0 saturated carbocycles. The number of aromatic nitrogens is 3. The predicted octanol–water partition coefficient (Wildman–Crippen LogP) is 1.53. The zero-order valence-electron chi connectivity index (χ0n) is 21.0. The van der Waals surface area contributed by atoms with Crippen molar-refractivity contribution >= 4 is 17.0 Å². The van der Waals surface area contributed by atoms with Crippen molar-refractivity contribution in [1.82, 2.24) is 19.9 Å². The van der Waals surface area contributed by atoms with Crippen molar-refractivity contribution in [2.24, 2.45) is 22.2 Å². The molecule has 0 spiro atoms. The Labute approximate surface area is 219 Å². The van der Waals surface area contributed by atoms with Crippen LogP contribution in [0.4, 0.5) is 4.39 Å². The summed E-state index contributed by atoms with van der Waals surface area (Å²) in [6, 6.07) is 14.2. The molecule has 1 atom stereocenters. The molecule has 2 aromatic heterocycles. The first-order chi connectivity index (χ1) is 18.3. The molecular formula is C27H33FN8O2. The van der Waals surface area contributed by atoms with E-state index in [2.05, 4.69) is 20.3 Å². The Morgan fingerprint density at radius 2 is 1.92 bits per heavy atom. The number of aliphatic hydroxyl groups excluding tert-OH is 1. The maximum atomic E-state index is 14.7. The molecule has 0 amide bonds. The predicted molar refractivity (Wildman–Crippen MR) is 147 cm³/mol. The molecule has 38 heavy (non-hydrogen) atoms. The first kappa shape index (κ1) is 27.0. The lowest BCUT2D eigenvalue weighted by atomic mass is 10.0. The topological polar surface area (TPSA) is 173 Å². The standard InChI is InChI=1S/C27H33FN8O2/c28-23-9-5-17(4-8-21(37)14-29)12-22(23)24-13-19-16-36(27(38)35-25(19)34-24)20-6-2-18(3-7-20)15-32-10-1-11-33-26(30)31/h2-3,5-7,9,12-13,16,21,32,37H,1,4,8,10-11,14-15,29H2,(H4,30,31,33)(H,34,35,38). The molecule has 1 unspecified atom stereocenters. The minimum atomic E-state index is -0.598. The van der Waals surface area contributed by atoms with Gasteiger partial charge in [-0.2, -0.15) is 4.98 Å². The van der Waals surface area contributed by atoms with Crippen molar-refractivity contribution in [1.29, 1.82) is 0 Å². The second kappa shape index (κ2) is 12.5. The highest BCUT2D eigenvalue weighted by Gasteiger charge is 2.13. The Bertz CT molecular complexity index is 1460. The van der Waals surface area contributed by atoms with Gasteiger partial charge in [0.2, 0.25) is 0 Å². The van der Waals surface area contributed by atoms with Crippen LogP contribution in [0.5, 0.6) is 0 Å². The van der Waals surface area contributed by atoms with Crippen LogP contribution in [-0.2, 0) is 13.0 Å². The smallest absolute Gasteiger partial charge is 0.354 e. The van der Waals surface area contributed by atoms with E-state index in [-0.39, 0.29) is 12.5 Å². The van der Waals surface area contributed by atoms with Gasteiger partial charge in [-0.25, -0.2) is 9.18 Å². The molecule has 2 heterocycles. The number of hydrogen-bond acceptors (Lipinski definition) is 6. The third kappa shape index (κ3) is 6.82. The minimum absolute atomic E-state index is 0.0938. The van der Waals surface area contributed by atoms with Gasteiger partial charge in [0.1, 0.15) is 11.5 Å². The highest BCUT2D eigenvalue weighted by Crippen LogP contribution is 2.27. The van der Waals surface area contributed by atoms with Crippen molar-refractivity contribution < 1.29 is 9.50 Å². The van der Waals surface area contributed by atoms with Crippen LogP contribution in [0, 0.1) is 5.82 Å². The molecule has 11 heteroatoms. The van der Waals surface area contributed by atoms with E-state index in [1.165, 1.54) is 10.6 Å². The summed E-state index contributed by atoms with van der Waals surface area (Å²) in [5.74, 6) is -0.299. The minimum Gasteiger partial charge on any atom is -0.392 e. The Hall–Kier alpha value is -4.06. The highest BCUT2D eigenvalue weighted by atomic mass is 19.1. The number of aromatic amines is 1. The fourth-order valence-corrected chi connectivity index (χ4v) is 4.13. The zero-order valence-corrected chi connectivity index (χ0v) is 21.0. The van der Waals surface area contributed by atoms with E-state index in [0.29, 0.717) is 53.9 Å². The average molecular weight is 521 g/mol. The van der Waals surface area contributed by atoms with Gasteiger partial charge in [0.25, 0.3) is 0 Å². The van der Waals surface area contributed by atoms with E-state index < -0.39 is 17.6 Å². The third-order valence-electron chi connectivity index (χ3n) is 6.22. The molecule has 200 valence electrons. The molecule has 4 aromatic rings. The van der Waals surface area contributed by atoms with Gasteiger partial charge in [-0.05, 0) is 67.3 Å². The molecular weight excluding hydrogens is 487 g/mol. The largest absolute Gasteiger partial charge is 0.392 e. The van der Waals surface area contributed by atoms with Crippen LogP contribution in [0.1, 0.15) is 24.0 Å². The van der Waals surface area contributed by atoms with Gasteiger partial charge in [0, 0.05) is 36.8 Å². The number of aliphatic hydroxyl groups is 1. The molecule has 0 bridgehead atoms. The van der Waals surface area contributed by atoms with Crippen LogP contribution >= 0.6 is 0 Å². The second-order valence-electron chi connectivity index (χ2n) is 9.13. The van der Waals surface area contributed by atoms with Gasteiger partial charge in [-0.1, -0.05) is 18.2 Å². The number of H-pyrrole nitrogens is 1. The third-order valence-corrected chi connectivity index (χ3v) is 6.22. The molecule has 0 saturated heterocycles. The average Bonchev–Trinajstić information content (AvgIpc) is 3.32. The first-order valence-electron chi connectivity index (χ1n) is 12.5. The lowest BCUT2D eigenvalue weighted by Gasteiger charge is -2.09. The van der Waals surface area contributed by atoms with Gasteiger partial charge in [-0.3, -0.25) is 9.56 Å². The van der Waals surface area contributed by atoms with Gasteiger partial charge in [-0.15, -0.1) is 0 Å². The summed E-state index contributed by atoms with van der Waals surface area (Å²) in [5, 5.41) is 13.7. The number of aliphatic imine (C=N–C) groups is 1. The molecule has 0 aliphatic heterocycles. The highest BCUT2D eigenvalue weighted by molar-refractivity contribution is 5.82. The summed E-state index contributed by atoms with van der Waals surface area (Å²) in [5.41, 5.74) is 19.6. The van der Waals surface area contributed by atoms with Gasteiger partial charge < -0.3 is 32.6 Å². The Morgan fingerprint density at radius 3 is 2.66 bits per heavy atom. The number of nitrogens with two attached hydrogens (primary N) is 3. The SMILES string of the molecule is NCC(O)CCc1ccc(F)c(-c2cc3cn(-c4ccc(CNCCCN=C(N)N)cc4)c(=O)nc3[nH]2)c1. The summed E-state index contributed by atoms with van der Waals surface area (Å²) in [6.07, 6.45) is 2.98. The molecule has 2 aromatic carbocycles. The second-order valence-corrected chi connectivity index (χ2v) is 9.13. The molecule has 0 aliphatic rings. The number of guanidine groups is 1. The van der Waals surface area contributed by atoms with E-state index in [4.69, 9.17) is 17.2 Å². The Balaban J connectivity index is 1.49. The molecule has 10 nitrogen and oxygen atoms in total. The van der Waals surface area contributed by atoms with Crippen molar-refractivity contribution in [3.63, 3.8) is 0 Å². The summed E-state index contributed by atoms with van der Waals surface area (Å²) < 4.78 is 16.2. The number of nitrogens with one attached hydrogen (secondary N) is 2. The molecule has 4 rings (SSSR count). The van der Waals surface area contributed by atoms with Crippen molar-refractivity contribution in [3.05, 3.63) is 82.2 Å². The number of fused-ring (bicyclic) bond motifs is 1. The number of benzene rings is 2. The van der Waals surface area contributed by atoms with Crippen LogP contribution in [0.3, 0.4) is 0 Å². The molecule has 9 N–H and O–H groups in total. The number of hydrogen-bond donors (Lipinski definition) is 6.